The molecule has 2 aliphatic carbocycles. The Balaban J connectivity index is 1.44. The van der Waals surface area contributed by atoms with Crippen LogP contribution < -0.4 is 5.32 Å². The van der Waals surface area contributed by atoms with Gasteiger partial charge in [-0.25, -0.2) is 9.59 Å². The summed E-state index contributed by atoms with van der Waals surface area (Å²) >= 11 is 0. The molecule has 0 bridgehead atoms. The first-order valence-corrected chi connectivity index (χ1v) is 15.7. The van der Waals surface area contributed by atoms with Gasteiger partial charge in [0.1, 0.15) is 13.2 Å². The molecular formula is C35H46N2O6. The Bertz CT molecular complexity index is 1260. The number of carbonyl (C=O) groups is 2. The normalized spacial score (nSPS) is 21.2. The van der Waals surface area contributed by atoms with Gasteiger partial charge in [-0.05, 0) is 81.2 Å². The van der Waals surface area contributed by atoms with Crippen LogP contribution in [-0.4, -0.2) is 56.1 Å². The number of nitrogens with zero attached hydrogens (tertiary/aromatic N) is 1. The van der Waals surface area contributed by atoms with E-state index in [0.29, 0.717) is 34.4 Å². The van der Waals surface area contributed by atoms with Gasteiger partial charge in [-0.2, -0.15) is 0 Å². The van der Waals surface area contributed by atoms with Gasteiger partial charge in [-0.1, -0.05) is 37.8 Å². The predicted molar refractivity (Wildman–Crippen MR) is 164 cm³/mol. The zero-order valence-corrected chi connectivity index (χ0v) is 26.0. The van der Waals surface area contributed by atoms with Gasteiger partial charge >= 0.3 is 11.9 Å². The SMILES string of the molecule is COC(COC(=O)C1=C(C)NC(C)=C(C(=O)OCC(OC)C2CCCC2)C1c1cccc(-n2cccc2)c1)C1CCCC1. The fraction of sp³-hybridized carbons (Fsp3) is 0.543. The van der Waals surface area contributed by atoms with E-state index in [-0.39, 0.29) is 25.4 Å². The molecule has 232 valence electrons. The summed E-state index contributed by atoms with van der Waals surface area (Å²) in [6.45, 7) is 4.06. The van der Waals surface area contributed by atoms with E-state index in [1.54, 1.807) is 14.2 Å². The second kappa shape index (κ2) is 14.4. The summed E-state index contributed by atoms with van der Waals surface area (Å²) in [5.74, 6) is -0.822. The summed E-state index contributed by atoms with van der Waals surface area (Å²) in [5, 5.41) is 3.29. The van der Waals surface area contributed by atoms with Crippen LogP contribution in [0.2, 0.25) is 0 Å². The maximum absolute atomic E-state index is 13.9. The van der Waals surface area contributed by atoms with E-state index in [9.17, 15) is 9.59 Å². The average molecular weight is 591 g/mol. The fourth-order valence-electron chi connectivity index (χ4n) is 7.16. The number of aromatic nitrogens is 1. The zero-order chi connectivity index (χ0) is 30.3. The molecule has 2 aromatic rings. The second-order valence-corrected chi connectivity index (χ2v) is 12.2. The molecule has 0 radical (unpaired) electrons. The smallest absolute Gasteiger partial charge is 0.336 e. The maximum Gasteiger partial charge on any atom is 0.336 e. The monoisotopic (exact) mass is 590 g/mol. The summed E-state index contributed by atoms with van der Waals surface area (Å²) in [4.78, 5) is 27.9. The molecule has 3 aliphatic rings. The standard InChI is InChI=1S/C35H46N2O6/c1-23-31(34(38)42-21-29(40-3)25-12-5-6-13-25)33(27-16-11-17-28(20-27)37-18-9-10-19-37)32(24(2)36-23)35(39)43-22-30(41-4)26-14-7-8-15-26/h9-11,16-20,25-26,29-30,33,36H,5-8,12-15,21-22H2,1-4H3. The van der Waals surface area contributed by atoms with E-state index in [0.717, 1.165) is 36.9 Å². The van der Waals surface area contributed by atoms with Gasteiger partial charge < -0.3 is 28.8 Å². The third kappa shape index (κ3) is 7.07. The maximum atomic E-state index is 13.9. The molecule has 1 N–H and O–H groups in total. The number of methoxy groups -OCH3 is 2. The Labute approximate surface area is 255 Å². The molecule has 1 aromatic heterocycles. The number of esters is 2. The molecule has 0 saturated heterocycles. The molecule has 0 spiro atoms. The van der Waals surface area contributed by atoms with Crippen LogP contribution in [0.25, 0.3) is 5.69 Å². The van der Waals surface area contributed by atoms with Crippen molar-refractivity contribution >= 4 is 11.9 Å². The fourth-order valence-corrected chi connectivity index (χ4v) is 7.16. The van der Waals surface area contributed by atoms with Crippen molar-refractivity contribution in [2.24, 2.45) is 11.8 Å². The number of carbonyl (C=O) groups excluding carboxylic acids is 2. The van der Waals surface area contributed by atoms with E-state index in [2.05, 4.69) is 5.32 Å². The van der Waals surface area contributed by atoms with Crippen LogP contribution in [-0.2, 0) is 28.5 Å². The minimum Gasteiger partial charge on any atom is -0.459 e. The Hall–Kier alpha value is -3.36. The van der Waals surface area contributed by atoms with Crippen molar-refractivity contribution in [2.45, 2.75) is 83.3 Å². The second-order valence-electron chi connectivity index (χ2n) is 12.2. The largest absolute Gasteiger partial charge is 0.459 e. The molecule has 2 heterocycles. The van der Waals surface area contributed by atoms with Crippen molar-refractivity contribution in [3.8, 4) is 5.69 Å². The highest BCUT2D eigenvalue weighted by molar-refractivity contribution is 6.00. The van der Waals surface area contributed by atoms with Gasteiger partial charge in [0.05, 0.1) is 29.3 Å². The summed E-state index contributed by atoms with van der Waals surface area (Å²) in [7, 11) is 3.36. The average Bonchev–Trinajstić information content (AvgIpc) is 3.82. The Morgan fingerprint density at radius 2 is 1.28 bits per heavy atom. The molecule has 8 nitrogen and oxygen atoms in total. The molecule has 1 aromatic carbocycles. The third-order valence-corrected chi connectivity index (χ3v) is 9.52. The van der Waals surface area contributed by atoms with Crippen molar-refractivity contribution in [3.63, 3.8) is 0 Å². The third-order valence-electron chi connectivity index (χ3n) is 9.52. The highest BCUT2D eigenvalue weighted by Gasteiger charge is 2.39. The molecular weight excluding hydrogens is 544 g/mol. The number of hydrogen-bond acceptors (Lipinski definition) is 7. The first-order chi connectivity index (χ1) is 20.9. The van der Waals surface area contributed by atoms with Gasteiger partial charge in [-0.3, -0.25) is 0 Å². The topological polar surface area (TPSA) is 88.0 Å². The number of benzene rings is 1. The van der Waals surface area contributed by atoms with Crippen molar-refractivity contribution in [3.05, 3.63) is 76.9 Å². The highest BCUT2D eigenvalue weighted by atomic mass is 16.6. The number of hydrogen-bond donors (Lipinski definition) is 1. The van der Waals surface area contributed by atoms with Crippen molar-refractivity contribution in [1.82, 2.24) is 9.88 Å². The molecule has 2 atom stereocenters. The number of rotatable bonds is 12. The number of dihydropyridines is 1. The van der Waals surface area contributed by atoms with Crippen LogP contribution in [0.3, 0.4) is 0 Å². The van der Waals surface area contributed by atoms with Crippen LogP contribution in [0.15, 0.2) is 71.3 Å². The Morgan fingerprint density at radius 3 is 1.74 bits per heavy atom. The zero-order valence-electron chi connectivity index (χ0n) is 26.0. The Kier molecular flexibility index (Phi) is 10.4. The molecule has 2 unspecified atom stereocenters. The van der Waals surface area contributed by atoms with Crippen molar-refractivity contribution < 1.29 is 28.5 Å². The molecule has 1 aliphatic heterocycles. The van der Waals surface area contributed by atoms with E-state index in [1.807, 2.05) is 67.2 Å². The lowest BCUT2D eigenvalue weighted by Gasteiger charge is -2.32. The van der Waals surface area contributed by atoms with Gasteiger partial charge in [0.2, 0.25) is 0 Å². The highest BCUT2D eigenvalue weighted by Crippen LogP contribution is 2.40. The lowest BCUT2D eigenvalue weighted by molar-refractivity contribution is -0.145. The lowest BCUT2D eigenvalue weighted by Crippen LogP contribution is -2.35. The summed E-state index contributed by atoms with van der Waals surface area (Å²) in [6.07, 6.45) is 12.6. The van der Waals surface area contributed by atoms with E-state index in [1.165, 1.54) is 25.7 Å². The van der Waals surface area contributed by atoms with Gasteiger partial charge in [0.15, 0.2) is 0 Å². The van der Waals surface area contributed by atoms with Crippen molar-refractivity contribution in [2.75, 3.05) is 27.4 Å². The number of nitrogens with one attached hydrogen (secondary N) is 1. The minimum atomic E-state index is -0.670. The molecule has 8 heteroatoms. The first-order valence-electron chi connectivity index (χ1n) is 15.7. The molecule has 2 fully saturated rings. The quantitative estimate of drug-likeness (QED) is 0.294. The lowest BCUT2D eigenvalue weighted by atomic mass is 9.80. The first kappa shape index (κ1) is 31.1. The summed E-state index contributed by atoms with van der Waals surface area (Å²) in [6, 6.07) is 11.9. The number of allylic oxidation sites excluding steroid dienone is 2. The van der Waals surface area contributed by atoms with Crippen LogP contribution in [0.4, 0.5) is 0 Å². The van der Waals surface area contributed by atoms with Crippen LogP contribution >= 0.6 is 0 Å². The van der Waals surface area contributed by atoms with Gasteiger partial charge in [0, 0.05) is 43.7 Å². The van der Waals surface area contributed by atoms with E-state index in [4.69, 9.17) is 18.9 Å². The number of ether oxygens (including phenoxy) is 4. The van der Waals surface area contributed by atoms with E-state index >= 15 is 0 Å². The molecule has 43 heavy (non-hydrogen) atoms. The molecule has 5 rings (SSSR count). The molecule has 2 saturated carbocycles. The van der Waals surface area contributed by atoms with Crippen LogP contribution in [0, 0.1) is 11.8 Å². The van der Waals surface area contributed by atoms with Gasteiger partial charge in [0.25, 0.3) is 0 Å². The molecule has 0 amide bonds. The van der Waals surface area contributed by atoms with E-state index < -0.39 is 17.9 Å². The predicted octanol–water partition coefficient (Wildman–Crippen LogP) is 6.21. The Morgan fingerprint density at radius 1 is 0.791 bits per heavy atom. The minimum absolute atomic E-state index is 0.150. The van der Waals surface area contributed by atoms with Crippen LogP contribution in [0.1, 0.15) is 76.7 Å². The van der Waals surface area contributed by atoms with Gasteiger partial charge in [-0.15, -0.1) is 0 Å². The van der Waals surface area contributed by atoms with Crippen LogP contribution in [0.5, 0.6) is 0 Å². The summed E-state index contributed by atoms with van der Waals surface area (Å²) < 4.78 is 25.4. The van der Waals surface area contributed by atoms with Crippen molar-refractivity contribution in [1.29, 1.82) is 0 Å². The summed E-state index contributed by atoms with van der Waals surface area (Å²) in [5.41, 5.74) is 3.86.